The van der Waals surface area contributed by atoms with Crippen LogP contribution in [0.2, 0.25) is 0 Å². The van der Waals surface area contributed by atoms with Crippen LogP contribution in [0.15, 0.2) is 42.7 Å². The number of rotatable bonds is 7. The van der Waals surface area contributed by atoms with Crippen LogP contribution in [0.4, 0.5) is 14.5 Å². The fourth-order valence-corrected chi connectivity index (χ4v) is 2.91. The first-order valence-corrected chi connectivity index (χ1v) is 8.67. The van der Waals surface area contributed by atoms with Crippen molar-refractivity contribution in [3.8, 4) is 22.8 Å². The number of nitro groups is 1. The predicted octanol–water partition coefficient (Wildman–Crippen LogP) is 4.33. The summed E-state index contributed by atoms with van der Waals surface area (Å²) in [5.41, 5.74) is 1.45. The molecule has 29 heavy (non-hydrogen) atoms. The van der Waals surface area contributed by atoms with Crippen molar-refractivity contribution in [3.05, 3.63) is 75.7 Å². The highest BCUT2D eigenvalue weighted by Gasteiger charge is 2.21. The third-order valence-electron chi connectivity index (χ3n) is 4.11. The van der Waals surface area contributed by atoms with Crippen LogP contribution in [0.25, 0.3) is 11.3 Å². The standard InChI is InChI=1S/C20H17F2N3O4/c1-3-29-19-9-13(21)4-5-15(19)17-10-14(23-11-24-17)6-12-7-16(22)20(28-2)18(8-12)25(26)27/h4-5,7-11H,3,6H2,1-2H3. The average Bonchev–Trinajstić information content (AvgIpc) is 2.68. The van der Waals surface area contributed by atoms with Crippen LogP contribution in [-0.2, 0) is 6.42 Å². The van der Waals surface area contributed by atoms with E-state index in [0.29, 0.717) is 34.9 Å². The van der Waals surface area contributed by atoms with Gasteiger partial charge in [0.05, 0.1) is 24.3 Å². The Hall–Kier alpha value is -3.62. The molecular weight excluding hydrogens is 384 g/mol. The quantitative estimate of drug-likeness (QED) is 0.433. The molecule has 1 heterocycles. The lowest BCUT2D eigenvalue weighted by molar-refractivity contribution is -0.386. The molecule has 0 bridgehead atoms. The zero-order chi connectivity index (χ0) is 21.0. The van der Waals surface area contributed by atoms with Crippen LogP contribution in [0.5, 0.6) is 11.5 Å². The third-order valence-corrected chi connectivity index (χ3v) is 4.11. The van der Waals surface area contributed by atoms with Crippen molar-refractivity contribution in [2.24, 2.45) is 0 Å². The number of hydrogen-bond acceptors (Lipinski definition) is 6. The van der Waals surface area contributed by atoms with Crippen molar-refractivity contribution < 1.29 is 23.2 Å². The molecule has 3 aromatic rings. The molecule has 0 fully saturated rings. The van der Waals surface area contributed by atoms with Gasteiger partial charge in [0.1, 0.15) is 17.9 Å². The molecule has 0 aliphatic carbocycles. The molecule has 7 nitrogen and oxygen atoms in total. The minimum Gasteiger partial charge on any atom is -0.493 e. The summed E-state index contributed by atoms with van der Waals surface area (Å²) in [4.78, 5) is 18.8. The summed E-state index contributed by atoms with van der Waals surface area (Å²) in [6.07, 6.45) is 1.44. The number of nitrogens with zero attached hydrogens (tertiary/aromatic N) is 3. The lowest BCUT2D eigenvalue weighted by Gasteiger charge is -2.11. The molecule has 0 radical (unpaired) electrons. The van der Waals surface area contributed by atoms with Gasteiger partial charge in [0, 0.05) is 29.8 Å². The van der Waals surface area contributed by atoms with Gasteiger partial charge >= 0.3 is 5.69 Å². The monoisotopic (exact) mass is 401 g/mol. The van der Waals surface area contributed by atoms with E-state index >= 15 is 0 Å². The van der Waals surface area contributed by atoms with Crippen molar-refractivity contribution in [2.75, 3.05) is 13.7 Å². The molecule has 0 atom stereocenters. The maximum Gasteiger partial charge on any atom is 0.314 e. The highest BCUT2D eigenvalue weighted by atomic mass is 19.1. The van der Waals surface area contributed by atoms with Crippen LogP contribution in [0.1, 0.15) is 18.2 Å². The van der Waals surface area contributed by atoms with Crippen LogP contribution >= 0.6 is 0 Å². The summed E-state index contributed by atoms with van der Waals surface area (Å²) in [6.45, 7) is 2.13. The minimum atomic E-state index is -0.830. The summed E-state index contributed by atoms with van der Waals surface area (Å²) in [5, 5.41) is 11.2. The summed E-state index contributed by atoms with van der Waals surface area (Å²) in [5.74, 6) is -1.35. The highest BCUT2D eigenvalue weighted by Crippen LogP contribution is 2.33. The van der Waals surface area contributed by atoms with E-state index in [4.69, 9.17) is 9.47 Å². The Morgan fingerprint density at radius 2 is 1.93 bits per heavy atom. The first kappa shape index (κ1) is 20.1. The third kappa shape index (κ3) is 4.45. The van der Waals surface area contributed by atoms with Gasteiger partial charge < -0.3 is 9.47 Å². The van der Waals surface area contributed by atoms with Gasteiger partial charge in [-0.05, 0) is 36.8 Å². The van der Waals surface area contributed by atoms with Gasteiger partial charge in [0.25, 0.3) is 0 Å². The number of benzene rings is 2. The van der Waals surface area contributed by atoms with E-state index in [2.05, 4.69) is 9.97 Å². The van der Waals surface area contributed by atoms with Crippen LogP contribution < -0.4 is 9.47 Å². The van der Waals surface area contributed by atoms with E-state index in [1.54, 1.807) is 19.1 Å². The van der Waals surface area contributed by atoms with E-state index in [1.807, 2.05) is 0 Å². The molecular formula is C20H17F2N3O4. The maximum atomic E-state index is 14.2. The second-order valence-electron chi connectivity index (χ2n) is 6.03. The molecule has 9 heteroatoms. The molecule has 0 unspecified atom stereocenters. The van der Waals surface area contributed by atoms with Crippen molar-refractivity contribution in [2.45, 2.75) is 13.3 Å². The van der Waals surface area contributed by atoms with Gasteiger partial charge in [-0.1, -0.05) is 0 Å². The SMILES string of the molecule is CCOc1cc(F)ccc1-c1cc(Cc2cc(F)c(OC)c([N+](=O)[O-])c2)ncn1. The molecule has 2 aromatic carbocycles. The smallest absolute Gasteiger partial charge is 0.314 e. The number of aromatic nitrogens is 2. The molecule has 3 rings (SSSR count). The maximum absolute atomic E-state index is 14.2. The largest absolute Gasteiger partial charge is 0.493 e. The first-order valence-electron chi connectivity index (χ1n) is 8.67. The van der Waals surface area contributed by atoms with Gasteiger partial charge in [-0.2, -0.15) is 0 Å². The zero-order valence-corrected chi connectivity index (χ0v) is 15.7. The summed E-state index contributed by atoms with van der Waals surface area (Å²) < 4.78 is 38.0. The highest BCUT2D eigenvalue weighted by molar-refractivity contribution is 5.67. The zero-order valence-electron chi connectivity index (χ0n) is 15.7. The van der Waals surface area contributed by atoms with E-state index in [9.17, 15) is 18.9 Å². The lowest BCUT2D eigenvalue weighted by Crippen LogP contribution is -2.01. The molecule has 0 aliphatic heterocycles. The second kappa shape index (κ2) is 8.59. The number of ether oxygens (including phenoxy) is 2. The van der Waals surface area contributed by atoms with E-state index in [-0.39, 0.29) is 6.42 Å². The topological polar surface area (TPSA) is 87.4 Å². The van der Waals surface area contributed by atoms with E-state index in [1.165, 1.54) is 31.6 Å². The van der Waals surface area contributed by atoms with Gasteiger partial charge in [-0.3, -0.25) is 10.1 Å². The number of halogens is 2. The van der Waals surface area contributed by atoms with Crippen molar-refractivity contribution in [1.29, 1.82) is 0 Å². The molecule has 0 aliphatic rings. The Morgan fingerprint density at radius 1 is 1.14 bits per heavy atom. The molecule has 0 spiro atoms. The molecule has 0 saturated carbocycles. The van der Waals surface area contributed by atoms with Crippen LogP contribution in [-0.4, -0.2) is 28.6 Å². The fourth-order valence-electron chi connectivity index (χ4n) is 2.91. The predicted molar refractivity (Wildman–Crippen MR) is 101 cm³/mol. The Balaban J connectivity index is 1.97. The van der Waals surface area contributed by atoms with Crippen LogP contribution in [0.3, 0.4) is 0 Å². The van der Waals surface area contributed by atoms with E-state index < -0.39 is 28.0 Å². The Bertz CT molecular complexity index is 1060. The Kier molecular flexibility index (Phi) is 5.96. The van der Waals surface area contributed by atoms with Crippen molar-refractivity contribution in [1.82, 2.24) is 9.97 Å². The number of methoxy groups -OCH3 is 1. The minimum absolute atomic E-state index is 0.127. The van der Waals surface area contributed by atoms with Crippen molar-refractivity contribution >= 4 is 5.69 Å². The van der Waals surface area contributed by atoms with Gasteiger partial charge in [-0.15, -0.1) is 0 Å². The molecule has 1 aromatic heterocycles. The second-order valence-corrected chi connectivity index (χ2v) is 6.03. The number of nitro benzene ring substituents is 1. The average molecular weight is 401 g/mol. The van der Waals surface area contributed by atoms with Gasteiger partial charge in [0.2, 0.25) is 5.75 Å². The summed E-state index contributed by atoms with van der Waals surface area (Å²) in [6, 6.07) is 8.16. The van der Waals surface area contributed by atoms with Gasteiger partial charge in [0.15, 0.2) is 5.82 Å². The number of hydrogen-bond donors (Lipinski definition) is 0. The van der Waals surface area contributed by atoms with Gasteiger partial charge in [-0.25, -0.2) is 18.7 Å². The molecule has 0 amide bonds. The summed E-state index contributed by atoms with van der Waals surface area (Å²) >= 11 is 0. The van der Waals surface area contributed by atoms with Crippen LogP contribution in [0, 0.1) is 21.7 Å². The Morgan fingerprint density at radius 3 is 2.62 bits per heavy atom. The Labute approximate surface area is 165 Å². The van der Waals surface area contributed by atoms with E-state index in [0.717, 1.165) is 6.07 Å². The normalized spacial score (nSPS) is 10.6. The fraction of sp³-hybridized carbons (Fsp3) is 0.200. The van der Waals surface area contributed by atoms with Crippen molar-refractivity contribution in [3.63, 3.8) is 0 Å². The summed E-state index contributed by atoms with van der Waals surface area (Å²) in [7, 11) is 1.17. The first-order chi connectivity index (χ1) is 13.9. The molecule has 150 valence electrons. The lowest BCUT2D eigenvalue weighted by atomic mass is 10.0. The molecule has 0 N–H and O–H groups in total. The molecule has 0 saturated heterocycles.